The molecule has 0 bridgehead atoms. The van der Waals surface area contributed by atoms with E-state index >= 15 is 0 Å². The van der Waals surface area contributed by atoms with E-state index in [1.807, 2.05) is 43.5 Å². The molecule has 1 aliphatic rings. The summed E-state index contributed by atoms with van der Waals surface area (Å²) in [5.74, 6) is -1.43. The quantitative estimate of drug-likeness (QED) is 0.434. The predicted molar refractivity (Wildman–Crippen MR) is 121 cm³/mol. The molecule has 1 unspecified atom stereocenters. The molecule has 2 aromatic heterocycles. The number of aliphatic hydroxyl groups is 1. The molecule has 3 heterocycles. The number of thiazole rings is 1. The highest BCUT2D eigenvalue weighted by atomic mass is 32.2. The van der Waals surface area contributed by atoms with E-state index < -0.39 is 17.7 Å². The summed E-state index contributed by atoms with van der Waals surface area (Å²) in [6, 6.07) is 10.7. The molecule has 0 saturated heterocycles. The molecule has 158 valence electrons. The number of rotatable bonds is 6. The van der Waals surface area contributed by atoms with Gasteiger partial charge in [-0.05, 0) is 49.4 Å². The van der Waals surface area contributed by atoms with Gasteiger partial charge in [0, 0.05) is 23.8 Å². The first kappa shape index (κ1) is 21.3. The van der Waals surface area contributed by atoms with Crippen LogP contribution in [0.15, 0.2) is 65.0 Å². The highest BCUT2D eigenvalue weighted by molar-refractivity contribution is 7.98. The number of benzene rings is 1. The van der Waals surface area contributed by atoms with E-state index in [0.717, 1.165) is 21.0 Å². The van der Waals surface area contributed by atoms with Gasteiger partial charge in [-0.3, -0.25) is 14.6 Å². The van der Waals surface area contributed by atoms with Gasteiger partial charge in [0.25, 0.3) is 5.91 Å². The number of hydrogen-bond acceptors (Lipinski definition) is 7. The second-order valence-corrected chi connectivity index (χ2v) is 9.29. The van der Waals surface area contributed by atoms with Crippen molar-refractivity contribution in [2.24, 2.45) is 0 Å². The van der Waals surface area contributed by atoms with E-state index in [0.29, 0.717) is 10.6 Å². The Morgan fingerprint density at radius 2 is 1.97 bits per heavy atom. The number of nitrogens with zero attached hydrogens (tertiary/aromatic N) is 3. The lowest BCUT2D eigenvalue weighted by Crippen LogP contribution is -2.30. The second kappa shape index (κ2) is 8.64. The van der Waals surface area contributed by atoms with Crippen LogP contribution in [0.25, 0.3) is 0 Å². The summed E-state index contributed by atoms with van der Waals surface area (Å²) >= 11 is 2.88. The van der Waals surface area contributed by atoms with Crippen LogP contribution < -0.4 is 0 Å². The molecule has 0 fully saturated rings. The van der Waals surface area contributed by atoms with Crippen LogP contribution in [0.2, 0.25) is 0 Å². The van der Waals surface area contributed by atoms with Crippen molar-refractivity contribution in [3.63, 3.8) is 0 Å². The molecular formula is C23H21N3O3S2. The highest BCUT2D eigenvalue weighted by Gasteiger charge is 2.44. The standard InChI is InChI=1S/C23H21N3O3S2/c1-13-22(31-14(2)25-13)20(27)18-19(16-6-8-17(30-3)9-7-16)26(23(29)21(18)28)12-15-5-4-10-24-11-15/h4-11,19,28H,12H2,1-3H3. The van der Waals surface area contributed by atoms with Gasteiger partial charge in [0.15, 0.2) is 5.76 Å². The number of aromatic nitrogens is 2. The third-order valence-electron chi connectivity index (χ3n) is 5.17. The number of carbonyl (C=O) groups is 2. The van der Waals surface area contributed by atoms with Crippen LogP contribution in [0.1, 0.15) is 37.5 Å². The van der Waals surface area contributed by atoms with Gasteiger partial charge >= 0.3 is 0 Å². The minimum atomic E-state index is -0.696. The third-order valence-corrected chi connectivity index (χ3v) is 6.98. The van der Waals surface area contributed by atoms with Crippen molar-refractivity contribution in [1.82, 2.24) is 14.9 Å². The van der Waals surface area contributed by atoms with Crippen molar-refractivity contribution in [3.05, 3.63) is 86.8 Å². The van der Waals surface area contributed by atoms with Gasteiger partial charge in [0.1, 0.15) is 0 Å². The van der Waals surface area contributed by atoms with Gasteiger partial charge in [-0.15, -0.1) is 23.1 Å². The normalized spacial score (nSPS) is 16.3. The van der Waals surface area contributed by atoms with E-state index in [1.165, 1.54) is 16.2 Å². The summed E-state index contributed by atoms with van der Waals surface area (Å²) in [6.45, 7) is 3.82. The van der Waals surface area contributed by atoms with Gasteiger partial charge < -0.3 is 10.0 Å². The number of amides is 1. The molecule has 1 N–H and O–H groups in total. The van der Waals surface area contributed by atoms with E-state index in [1.54, 1.807) is 37.1 Å². The maximum atomic E-state index is 13.5. The summed E-state index contributed by atoms with van der Waals surface area (Å²) in [7, 11) is 0. The molecule has 3 aromatic rings. The van der Waals surface area contributed by atoms with E-state index in [2.05, 4.69) is 9.97 Å². The topological polar surface area (TPSA) is 83.4 Å². The number of hydrogen-bond donors (Lipinski definition) is 1. The minimum Gasteiger partial charge on any atom is -0.503 e. The first-order chi connectivity index (χ1) is 14.9. The van der Waals surface area contributed by atoms with E-state index in [-0.39, 0.29) is 17.9 Å². The third kappa shape index (κ3) is 4.00. The average molecular weight is 452 g/mol. The van der Waals surface area contributed by atoms with Crippen LogP contribution in [0, 0.1) is 13.8 Å². The lowest BCUT2D eigenvalue weighted by Gasteiger charge is -2.27. The Kier molecular flexibility index (Phi) is 5.93. The Balaban J connectivity index is 1.81. The van der Waals surface area contributed by atoms with Gasteiger partial charge in [0.2, 0.25) is 5.78 Å². The summed E-state index contributed by atoms with van der Waals surface area (Å²) in [4.78, 5) is 38.1. The molecule has 1 aliphatic heterocycles. The van der Waals surface area contributed by atoms with Gasteiger partial charge in [-0.1, -0.05) is 18.2 Å². The smallest absolute Gasteiger partial charge is 0.290 e. The van der Waals surface area contributed by atoms with Crippen LogP contribution in [-0.4, -0.2) is 37.9 Å². The van der Waals surface area contributed by atoms with Gasteiger partial charge in [0.05, 0.1) is 27.2 Å². The first-order valence-corrected chi connectivity index (χ1v) is 11.7. The maximum Gasteiger partial charge on any atom is 0.290 e. The van der Waals surface area contributed by atoms with Gasteiger partial charge in [-0.2, -0.15) is 0 Å². The number of Topliss-reactive ketones (excluding diaryl/α,β-unsaturated/α-hetero) is 1. The molecule has 1 aromatic carbocycles. The Hall–Kier alpha value is -2.97. The fraction of sp³-hybridized carbons (Fsp3) is 0.217. The molecule has 0 saturated carbocycles. The highest BCUT2D eigenvalue weighted by Crippen LogP contribution is 2.41. The van der Waals surface area contributed by atoms with E-state index in [9.17, 15) is 14.7 Å². The molecule has 4 rings (SSSR count). The summed E-state index contributed by atoms with van der Waals surface area (Å²) in [5.41, 5.74) is 2.27. The number of thioether (sulfide) groups is 1. The van der Waals surface area contributed by atoms with Crippen LogP contribution in [0.5, 0.6) is 0 Å². The molecule has 0 spiro atoms. The number of aliphatic hydroxyl groups excluding tert-OH is 1. The minimum absolute atomic E-state index is 0.0949. The molecular weight excluding hydrogens is 430 g/mol. The Morgan fingerprint density at radius 1 is 1.23 bits per heavy atom. The number of ketones is 1. The monoisotopic (exact) mass is 451 g/mol. The largest absolute Gasteiger partial charge is 0.503 e. The number of aryl methyl sites for hydroxylation is 2. The fourth-order valence-electron chi connectivity index (χ4n) is 3.73. The molecule has 31 heavy (non-hydrogen) atoms. The molecule has 1 atom stereocenters. The fourth-order valence-corrected chi connectivity index (χ4v) is 5.02. The number of carbonyl (C=O) groups excluding carboxylic acids is 2. The Morgan fingerprint density at radius 3 is 2.55 bits per heavy atom. The average Bonchev–Trinajstić information content (AvgIpc) is 3.24. The molecule has 1 amide bonds. The first-order valence-electron chi connectivity index (χ1n) is 9.66. The zero-order chi connectivity index (χ0) is 22.1. The van der Waals surface area contributed by atoms with Crippen molar-refractivity contribution in [1.29, 1.82) is 0 Å². The molecule has 0 radical (unpaired) electrons. The predicted octanol–water partition coefficient (Wildman–Crippen LogP) is 4.66. The molecule has 8 heteroatoms. The van der Waals surface area contributed by atoms with E-state index in [4.69, 9.17) is 0 Å². The Bertz CT molecular complexity index is 1170. The van der Waals surface area contributed by atoms with Crippen LogP contribution in [-0.2, 0) is 11.3 Å². The number of pyridine rings is 1. The van der Waals surface area contributed by atoms with Crippen molar-refractivity contribution >= 4 is 34.8 Å². The van der Waals surface area contributed by atoms with Gasteiger partial charge in [-0.25, -0.2) is 4.98 Å². The lowest BCUT2D eigenvalue weighted by atomic mass is 9.95. The summed E-state index contributed by atoms with van der Waals surface area (Å²) < 4.78 is 0. The second-order valence-electron chi connectivity index (χ2n) is 7.21. The van der Waals surface area contributed by atoms with Crippen molar-refractivity contribution < 1.29 is 14.7 Å². The van der Waals surface area contributed by atoms with Crippen molar-refractivity contribution in [3.8, 4) is 0 Å². The van der Waals surface area contributed by atoms with Crippen LogP contribution in [0.3, 0.4) is 0 Å². The zero-order valence-corrected chi connectivity index (χ0v) is 19.0. The lowest BCUT2D eigenvalue weighted by molar-refractivity contribution is -0.130. The van der Waals surface area contributed by atoms with Crippen LogP contribution in [0.4, 0.5) is 0 Å². The summed E-state index contributed by atoms with van der Waals surface area (Å²) in [6.07, 6.45) is 5.32. The summed E-state index contributed by atoms with van der Waals surface area (Å²) in [5, 5.41) is 11.6. The Labute approximate surface area is 188 Å². The molecule has 6 nitrogen and oxygen atoms in total. The SMILES string of the molecule is CSc1ccc(C2C(C(=O)c3sc(C)nc3C)=C(O)C(=O)N2Cc2cccnc2)cc1. The van der Waals surface area contributed by atoms with Crippen molar-refractivity contribution in [2.45, 2.75) is 31.3 Å². The zero-order valence-electron chi connectivity index (χ0n) is 17.3. The van der Waals surface area contributed by atoms with Crippen LogP contribution >= 0.6 is 23.1 Å². The van der Waals surface area contributed by atoms with Crippen molar-refractivity contribution in [2.75, 3.05) is 6.26 Å². The molecule has 0 aliphatic carbocycles. The maximum absolute atomic E-state index is 13.5.